The summed E-state index contributed by atoms with van der Waals surface area (Å²) in [6.07, 6.45) is 1.70. The van der Waals surface area contributed by atoms with Crippen molar-refractivity contribution in [2.75, 3.05) is 11.4 Å². The van der Waals surface area contributed by atoms with Crippen LogP contribution in [0.25, 0.3) is 0 Å². The highest BCUT2D eigenvalue weighted by Crippen LogP contribution is 2.45. The molecular weight excluding hydrogens is 258 g/mol. The smallest absolute Gasteiger partial charge is 0.243 e. The molecule has 0 aromatic heterocycles. The average molecular weight is 275 g/mol. The summed E-state index contributed by atoms with van der Waals surface area (Å²) in [7, 11) is 0. The second-order valence-corrected chi connectivity index (χ2v) is 6.72. The van der Waals surface area contributed by atoms with Gasteiger partial charge in [0.2, 0.25) is 5.91 Å². The van der Waals surface area contributed by atoms with Crippen LogP contribution in [0, 0.1) is 0 Å². The first-order valence-corrected chi connectivity index (χ1v) is 6.95. The van der Waals surface area contributed by atoms with Crippen LogP contribution in [0.5, 0.6) is 0 Å². The molecule has 0 aliphatic carbocycles. The van der Waals surface area contributed by atoms with Crippen molar-refractivity contribution in [3.63, 3.8) is 0 Å². The monoisotopic (exact) mass is 275 g/mol. The predicted octanol–water partition coefficient (Wildman–Crippen LogP) is 3.29. The number of carbonyl (C=O) groups is 2. The zero-order valence-corrected chi connectivity index (χ0v) is 12.2. The number of nitrogens with zero attached hydrogens (tertiary/aromatic N) is 1. The van der Waals surface area contributed by atoms with Gasteiger partial charge in [0.1, 0.15) is 0 Å². The summed E-state index contributed by atoms with van der Waals surface area (Å²) in [5.41, 5.74) is 1.43. The number of fused-ring (bicyclic) bond motifs is 1. The van der Waals surface area contributed by atoms with E-state index in [0.29, 0.717) is 12.1 Å². The largest absolute Gasteiger partial charge is 0.306 e. The normalized spacial score (nSPS) is 17.0. The van der Waals surface area contributed by atoms with Gasteiger partial charge < -0.3 is 4.90 Å². The molecule has 1 aromatic rings. The molecule has 1 aliphatic rings. The summed E-state index contributed by atoms with van der Waals surface area (Å²) in [5.74, 6) is 0.0502. The molecule has 1 aromatic carbocycles. The summed E-state index contributed by atoms with van der Waals surface area (Å²) in [6, 6.07) is 5.52. The lowest BCUT2D eigenvalue weighted by Gasteiger charge is -2.37. The maximum atomic E-state index is 12.5. The highest BCUT2D eigenvalue weighted by atomic mass is 32.2. The number of hydrogen-bond donors (Lipinski definition) is 0. The average Bonchev–Trinajstić information content (AvgIpc) is 2.34. The molecule has 1 heterocycles. The van der Waals surface area contributed by atoms with E-state index in [1.54, 1.807) is 17.0 Å². The van der Waals surface area contributed by atoms with Crippen LogP contribution in [0.4, 0.5) is 5.69 Å². The number of ketones is 1. The molecule has 1 amide bonds. The minimum absolute atomic E-state index is 0.00337. The number of anilines is 1. The molecule has 4 heteroatoms. The van der Waals surface area contributed by atoms with Gasteiger partial charge in [-0.15, -0.1) is 18.3 Å². The number of hydrogen-bond acceptors (Lipinski definition) is 3. The Kier molecular flexibility index (Phi) is 3.54. The van der Waals surface area contributed by atoms with Crippen LogP contribution in [-0.2, 0) is 4.79 Å². The predicted molar refractivity (Wildman–Crippen MR) is 78.9 cm³/mol. The Morgan fingerprint density at radius 2 is 2.16 bits per heavy atom. The van der Waals surface area contributed by atoms with Gasteiger partial charge in [0.15, 0.2) is 5.78 Å². The standard InChI is InChI=1S/C15H17NO2S/c1-5-8-16-12-9-11(10(2)17)6-7-13(12)19-15(3,4)14(16)18/h5-7,9H,1,8H2,2-4H3. The van der Waals surface area contributed by atoms with Crippen molar-refractivity contribution in [3.05, 3.63) is 36.4 Å². The van der Waals surface area contributed by atoms with Crippen LogP contribution in [0.2, 0.25) is 0 Å². The van der Waals surface area contributed by atoms with Crippen LogP contribution >= 0.6 is 11.8 Å². The van der Waals surface area contributed by atoms with E-state index in [-0.39, 0.29) is 11.7 Å². The van der Waals surface area contributed by atoms with Gasteiger partial charge in [-0.2, -0.15) is 0 Å². The van der Waals surface area contributed by atoms with Crippen LogP contribution < -0.4 is 4.90 Å². The van der Waals surface area contributed by atoms with Crippen LogP contribution in [0.15, 0.2) is 35.7 Å². The van der Waals surface area contributed by atoms with Crippen LogP contribution in [0.3, 0.4) is 0 Å². The molecule has 0 radical (unpaired) electrons. The Bertz CT molecular complexity index is 563. The molecule has 3 nitrogen and oxygen atoms in total. The van der Waals surface area contributed by atoms with E-state index in [0.717, 1.165) is 10.6 Å². The van der Waals surface area contributed by atoms with Gasteiger partial charge in [-0.3, -0.25) is 9.59 Å². The minimum atomic E-state index is -0.492. The topological polar surface area (TPSA) is 37.4 Å². The lowest BCUT2D eigenvalue weighted by atomic mass is 10.1. The maximum absolute atomic E-state index is 12.5. The first-order chi connectivity index (χ1) is 8.86. The zero-order chi connectivity index (χ0) is 14.2. The molecular formula is C15H17NO2S. The summed E-state index contributed by atoms with van der Waals surface area (Å²) in [5, 5.41) is 0. The Morgan fingerprint density at radius 3 is 2.74 bits per heavy atom. The Hall–Kier alpha value is -1.55. The Labute approximate surface area is 117 Å². The second-order valence-electron chi connectivity index (χ2n) is 5.06. The highest BCUT2D eigenvalue weighted by molar-refractivity contribution is 8.01. The van der Waals surface area contributed by atoms with Crippen molar-refractivity contribution in [2.45, 2.75) is 30.4 Å². The number of carbonyl (C=O) groups excluding carboxylic acids is 2. The SMILES string of the molecule is C=CCN1C(=O)C(C)(C)Sc2ccc(C(C)=O)cc21. The van der Waals surface area contributed by atoms with Crippen LogP contribution in [0.1, 0.15) is 31.1 Å². The van der Waals surface area contributed by atoms with Gasteiger partial charge in [-0.1, -0.05) is 12.1 Å². The lowest BCUT2D eigenvalue weighted by molar-refractivity contribution is -0.120. The first kappa shape index (κ1) is 13.9. The fourth-order valence-electron chi connectivity index (χ4n) is 2.10. The van der Waals surface area contributed by atoms with Gasteiger partial charge >= 0.3 is 0 Å². The molecule has 1 aliphatic heterocycles. The third-order valence-electron chi connectivity index (χ3n) is 3.09. The molecule has 2 rings (SSSR count). The third kappa shape index (κ3) is 2.45. The molecule has 0 atom stereocenters. The van der Waals surface area contributed by atoms with Gasteiger partial charge in [-0.05, 0) is 32.9 Å². The van der Waals surface area contributed by atoms with Crippen molar-refractivity contribution in [1.29, 1.82) is 0 Å². The van der Waals surface area contributed by atoms with Crippen molar-refractivity contribution in [1.82, 2.24) is 0 Å². The van der Waals surface area contributed by atoms with Crippen molar-refractivity contribution in [3.8, 4) is 0 Å². The molecule has 0 saturated carbocycles. The number of amides is 1. The Morgan fingerprint density at radius 1 is 1.47 bits per heavy atom. The van der Waals surface area contributed by atoms with Gasteiger partial charge in [0.25, 0.3) is 0 Å². The van der Waals surface area contributed by atoms with Gasteiger partial charge in [-0.25, -0.2) is 0 Å². The Balaban J connectivity index is 2.56. The number of Topliss-reactive ketones (excluding diaryl/α,β-unsaturated/α-hetero) is 1. The number of thioether (sulfide) groups is 1. The molecule has 0 saturated heterocycles. The van der Waals surface area contributed by atoms with E-state index in [9.17, 15) is 9.59 Å². The van der Waals surface area contributed by atoms with Crippen molar-refractivity contribution in [2.24, 2.45) is 0 Å². The summed E-state index contributed by atoms with van der Waals surface area (Å²) < 4.78 is -0.492. The summed E-state index contributed by atoms with van der Waals surface area (Å²) in [6.45, 7) is 9.51. The van der Waals surface area contributed by atoms with E-state index in [2.05, 4.69) is 6.58 Å². The van der Waals surface area contributed by atoms with Crippen molar-refractivity contribution >= 4 is 29.1 Å². The molecule has 0 N–H and O–H groups in total. The summed E-state index contributed by atoms with van der Waals surface area (Å²) >= 11 is 1.54. The van der Waals surface area contributed by atoms with E-state index in [1.807, 2.05) is 26.0 Å². The van der Waals surface area contributed by atoms with E-state index in [4.69, 9.17) is 0 Å². The van der Waals surface area contributed by atoms with E-state index >= 15 is 0 Å². The zero-order valence-electron chi connectivity index (χ0n) is 11.4. The molecule has 0 unspecified atom stereocenters. The molecule has 100 valence electrons. The number of benzene rings is 1. The van der Waals surface area contributed by atoms with E-state index in [1.165, 1.54) is 18.7 Å². The van der Waals surface area contributed by atoms with Crippen molar-refractivity contribution < 1.29 is 9.59 Å². The molecule has 0 fully saturated rings. The highest BCUT2D eigenvalue weighted by Gasteiger charge is 2.39. The fourth-order valence-corrected chi connectivity index (χ4v) is 3.25. The van der Waals surface area contributed by atoms with Crippen LogP contribution in [-0.4, -0.2) is 23.0 Å². The second kappa shape index (κ2) is 4.85. The number of rotatable bonds is 3. The third-order valence-corrected chi connectivity index (χ3v) is 4.34. The minimum Gasteiger partial charge on any atom is -0.306 e. The molecule has 0 spiro atoms. The van der Waals surface area contributed by atoms with Gasteiger partial charge in [0, 0.05) is 17.0 Å². The molecule has 0 bridgehead atoms. The first-order valence-electron chi connectivity index (χ1n) is 6.13. The quantitative estimate of drug-likeness (QED) is 0.627. The van der Waals surface area contributed by atoms with E-state index < -0.39 is 4.75 Å². The molecule has 19 heavy (non-hydrogen) atoms. The fraction of sp³-hybridized carbons (Fsp3) is 0.333. The van der Waals surface area contributed by atoms with Gasteiger partial charge in [0.05, 0.1) is 10.4 Å². The maximum Gasteiger partial charge on any atom is 0.243 e. The summed E-state index contributed by atoms with van der Waals surface area (Å²) in [4.78, 5) is 26.7. The lowest BCUT2D eigenvalue weighted by Crippen LogP contribution is -2.46.